The molecule has 2 fully saturated rings. The van der Waals surface area contributed by atoms with Crippen LogP contribution in [0.1, 0.15) is 17.7 Å². The van der Waals surface area contributed by atoms with Crippen LogP contribution in [0.4, 0.5) is 5.82 Å². The monoisotopic (exact) mass is 413 g/mol. The van der Waals surface area contributed by atoms with E-state index < -0.39 is 0 Å². The molecule has 2 aliphatic rings. The second-order valence-corrected chi connectivity index (χ2v) is 8.46. The van der Waals surface area contributed by atoms with Gasteiger partial charge in [-0.25, -0.2) is 14.6 Å². The first kappa shape index (κ1) is 18.4. The Bertz CT molecular complexity index is 984. The second kappa shape index (κ2) is 8.03. The summed E-state index contributed by atoms with van der Waals surface area (Å²) in [4.78, 5) is 26.7. The van der Waals surface area contributed by atoms with Crippen LogP contribution in [0.2, 0.25) is 0 Å². The van der Waals surface area contributed by atoms with Gasteiger partial charge in [0, 0.05) is 31.1 Å². The molecule has 3 aromatic rings. The molecule has 0 aromatic carbocycles. The van der Waals surface area contributed by atoms with Crippen molar-refractivity contribution in [1.82, 2.24) is 29.9 Å². The van der Waals surface area contributed by atoms with Crippen molar-refractivity contribution in [2.45, 2.75) is 31.9 Å². The Morgan fingerprint density at radius 2 is 2.14 bits per heavy atom. The van der Waals surface area contributed by atoms with Gasteiger partial charge in [-0.1, -0.05) is 11.3 Å². The SMILES string of the molecule is O=C(Cc1cccs1)N1CCO[C@H](Cn2nnc3c(N4CCCC4)ncnc32)C1. The number of aromatic nitrogens is 5. The van der Waals surface area contributed by atoms with Crippen LogP contribution in [-0.2, 0) is 22.5 Å². The molecule has 29 heavy (non-hydrogen) atoms. The molecule has 2 aliphatic heterocycles. The Balaban J connectivity index is 1.29. The van der Waals surface area contributed by atoms with Gasteiger partial charge in [-0.2, -0.15) is 0 Å². The van der Waals surface area contributed by atoms with E-state index in [0.717, 1.165) is 29.3 Å². The molecule has 10 heteroatoms. The molecule has 2 saturated heterocycles. The fourth-order valence-corrected chi connectivity index (χ4v) is 4.68. The highest BCUT2D eigenvalue weighted by atomic mass is 32.1. The summed E-state index contributed by atoms with van der Waals surface area (Å²) in [5.74, 6) is 0.999. The van der Waals surface area contributed by atoms with Crippen LogP contribution < -0.4 is 4.90 Å². The summed E-state index contributed by atoms with van der Waals surface area (Å²) in [7, 11) is 0. The smallest absolute Gasteiger partial charge is 0.227 e. The topological polar surface area (TPSA) is 89.3 Å². The van der Waals surface area contributed by atoms with Crippen LogP contribution in [0, 0.1) is 0 Å². The highest BCUT2D eigenvalue weighted by Gasteiger charge is 2.27. The van der Waals surface area contributed by atoms with Crippen LogP contribution in [0.15, 0.2) is 23.8 Å². The normalized spacial score (nSPS) is 19.9. The number of carbonyl (C=O) groups is 1. The van der Waals surface area contributed by atoms with E-state index in [2.05, 4.69) is 25.2 Å². The zero-order valence-electron chi connectivity index (χ0n) is 16.1. The van der Waals surface area contributed by atoms with E-state index >= 15 is 0 Å². The maximum atomic E-state index is 12.6. The molecule has 0 aliphatic carbocycles. The summed E-state index contributed by atoms with van der Waals surface area (Å²) >= 11 is 1.61. The largest absolute Gasteiger partial charge is 0.373 e. The van der Waals surface area contributed by atoms with Gasteiger partial charge in [-0.05, 0) is 24.3 Å². The number of hydrogen-bond donors (Lipinski definition) is 0. The van der Waals surface area contributed by atoms with Crippen molar-refractivity contribution < 1.29 is 9.53 Å². The fraction of sp³-hybridized carbons (Fsp3) is 0.526. The van der Waals surface area contributed by atoms with Crippen LogP contribution in [0.3, 0.4) is 0 Å². The molecule has 3 aromatic heterocycles. The molecular formula is C19H23N7O2S. The lowest BCUT2D eigenvalue weighted by Crippen LogP contribution is -2.47. The predicted octanol–water partition coefficient (Wildman–Crippen LogP) is 1.35. The Morgan fingerprint density at radius 1 is 1.24 bits per heavy atom. The molecule has 0 N–H and O–H groups in total. The van der Waals surface area contributed by atoms with Gasteiger partial charge in [0.15, 0.2) is 17.0 Å². The zero-order chi connectivity index (χ0) is 19.6. The third-order valence-corrected chi connectivity index (χ3v) is 6.34. The molecule has 5 heterocycles. The summed E-state index contributed by atoms with van der Waals surface area (Å²) in [5, 5.41) is 10.7. The first-order valence-electron chi connectivity index (χ1n) is 9.99. The van der Waals surface area contributed by atoms with Crippen molar-refractivity contribution in [3.63, 3.8) is 0 Å². The standard InChI is InChI=1S/C19H23N7O2S/c27-16(10-15-4-3-9-29-15)25-7-8-28-14(11-25)12-26-19-17(22-23-26)18(20-13-21-19)24-5-1-2-6-24/h3-4,9,13-14H,1-2,5-8,10-12H2/t14-/m0/s1. The van der Waals surface area contributed by atoms with Crippen LogP contribution >= 0.6 is 11.3 Å². The predicted molar refractivity (Wildman–Crippen MR) is 109 cm³/mol. The van der Waals surface area contributed by atoms with Crippen molar-refractivity contribution in [3.8, 4) is 0 Å². The van der Waals surface area contributed by atoms with Crippen LogP contribution in [0.25, 0.3) is 11.2 Å². The van der Waals surface area contributed by atoms with Crippen molar-refractivity contribution in [2.75, 3.05) is 37.7 Å². The molecule has 1 atom stereocenters. The molecular weight excluding hydrogens is 390 g/mol. The number of amides is 1. The zero-order valence-corrected chi connectivity index (χ0v) is 16.9. The van der Waals surface area contributed by atoms with E-state index in [-0.39, 0.29) is 12.0 Å². The average molecular weight is 414 g/mol. The van der Waals surface area contributed by atoms with Crippen molar-refractivity contribution in [3.05, 3.63) is 28.7 Å². The van der Waals surface area contributed by atoms with Gasteiger partial charge in [0.2, 0.25) is 5.91 Å². The number of morpholine rings is 1. The highest BCUT2D eigenvalue weighted by molar-refractivity contribution is 7.10. The maximum absolute atomic E-state index is 12.6. The third kappa shape index (κ3) is 3.82. The lowest BCUT2D eigenvalue weighted by atomic mass is 10.2. The fourth-order valence-electron chi connectivity index (χ4n) is 3.99. The Morgan fingerprint density at radius 3 is 2.97 bits per heavy atom. The highest BCUT2D eigenvalue weighted by Crippen LogP contribution is 2.24. The minimum atomic E-state index is -0.133. The molecule has 0 radical (unpaired) electrons. The number of thiophene rings is 1. The summed E-state index contributed by atoms with van der Waals surface area (Å²) in [5.41, 5.74) is 1.45. The van der Waals surface area contributed by atoms with Crippen molar-refractivity contribution in [1.29, 1.82) is 0 Å². The van der Waals surface area contributed by atoms with E-state index in [0.29, 0.717) is 38.3 Å². The number of anilines is 1. The number of hydrogen-bond acceptors (Lipinski definition) is 8. The van der Waals surface area contributed by atoms with Crippen LogP contribution in [0.5, 0.6) is 0 Å². The first-order chi connectivity index (χ1) is 14.3. The van der Waals surface area contributed by atoms with Gasteiger partial charge in [-0.15, -0.1) is 16.4 Å². The lowest BCUT2D eigenvalue weighted by Gasteiger charge is -2.32. The van der Waals surface area contributed by atoms with E-state index in [1.54, 1.807) is 22.3 Å². The van der Waals surface area contributed by atoms with Gasteiger partial charge < -0.3 is 14.5 Å². The maximum Gasteiger partial charge on any atom is 0.227 e. The van der Waals surface area contributed by atoms with E-state index in [1.807, 2.05) is 22.4 Å². The average Bonchev–Trinajstić information content (AvgIpc) is 3.51. The van der Waals surface area contributed by atoms with E-state index in [9.17, 15) is 4.79 Å². The molecule has 0 spiro atoms. The molecule has 9 nitrogen and oxygen atoms in total. The number of fused-ring (bicyclic) bond motifs is 1. The molecule has 152 valence electrons. The number of ether oxygens (including phenoxy) is 1. The van der Waals surface area contributed by atoms with Gasteiger partial charge in [-0.3, -0.25) is 4.79 Å². The molecule has 1 amide bonds. The quantitative estimate of drug-likeness (QED) is 0.624. The van der Waals surface area contributed by atoms with Crippen LogP contribution in [-0.4, -0.2) is 74.7 Å². The summed E-state index contributed by atoms with van der Waals surface area (Å²) in [6.07, 6.45) is 4.24. The summed E-state index contributed by atoms with van der Waals surface area (Å²) in [6, 6.07) is 3.98. The minimum Gasteiger partial charge on any atom is -0.373 e. The Hall–Kier alpha value is -2.59. The van der Waals surface area contributed by atoms with Crippen molar-refractivity contribution >= 4 is 34.2 Å². The summed E-state index contributed by atoms with van der Waals surface area (Å²) < 4.78 is 7.68. The number of nitrogens with zero attached hydrogens (tertiary/aromatic N) is 7. The third-order valence-electron chi connectivity index (χ3n) is 5.46. The minimum absolute atomic E-state index is 0.133. The first-order valence-corrected chi connectivity index (χ1v) is 10.9. The number of rotatable bonds is 5. The van der Waals surface area contributed by atoms with Gasteiger partial charge in [0.05, 0.1) is 25.7 Å². The van der Waals surface area contributed by atoms with Gasteiger partial charge >= 0.3 is 0 Å². The Labute approximate surface area is 172 Å². The van der Waals surface area contributed by atoms with Crippen molar-refractivity contribution in [2.24, 2.45) is 0 Å². The molecule has 0 bridgehead atoms. The molecule has 0 saturated carbocycles. The Kier molecular flexibility index (Phi) is 5.11. The number of carbonyl (C=O) groups excluding carboxylic acids is 1. The van der Waals surface area contributed by atoms with Gasteiger partial charge in [0.25, 0.3) is 0 Å². The summed E-state index contributed by atoms with van der Waals surface area (Å²) in [6.45, 7) is 4.20. The molecule has 0 unspecified atom stereocenters. The lowest BCUT2D eigenvalue weighted by molar-refractivity contribution is -0.138. The van der Waals surface area contributed by atoms with Gasteiger partial charge in [0.1, 0.15) is 6.33 Å². The molecule has 5 rings (SSSR count). The second-order valence-electron chi connectivity index (χ2n) is 7.42. The van der Waals surface area contributed by atoms with E-state index in [4.69, 9.17) is 4.74 Å². The van der Waals surface area contributed by atoms with E-state index in [1.165, 1.54) is 12.8 Å².